The fourth-order valence-corrected chi connectivity index (χ4v) is 12.0. The number of hydrogen-bond acceptors (Lipinski definition) is 9. The van der Waals surface area contributed by atoms with Crippen molar-refractivity contribution in [1.82, 2.24) is 0 Å². The van der Waals surface area contributed by atoms with Gasteiger partial charge in [0.15, 0.2) is 0 Å². The van der Waals surface area contributed by atoms with Crippen LogP contribution in [0.3, 0.4) is 0 Å². The van der Waals surface area contributed by atoms with E-state index in [9.17, 15) is 43.1 Å². The topological polar surface area (TPSA) is 190 Å². The Labute approximate surface area is 387 Å². The standard InChI is InChI=1S/3C15H33O3P.2Co/c3*1-4-7-10-13-15(12-9-6-3,19(16,17)18)14-11-8-5-2;;/h3*4-14H2,1-3H3,(H2,16,17,18);;/q;;;2*+3/p-6. The van der Waals surface area contributed by atoms with Crippen LogP contribution in [0.25, 0.3) is 0 Å². The first kappa shape index (κ1) is 69.5. The molecule has 0 aliphatic carbocycles. The molecule has 0 atom stereocenters. The van der Waals surface area contributed by atoms with E-state index in [4.69, 9.17) is 0 Å². The molecule has 0 unspecified atom stereocenters. The van der Waals surface area contributed by atoms with Gasteiger partial charge < -0.3 is 43.1 Å². The molecule has 59 heavy (non-hydrogen) atoms. The Hall–Kier alpha value is 1.46. The van der Waals surface area contributed by atoms with Crippen LogP contribution in [0.5, 0.6) is 0 Å². The van der Waals surface area contributed by atoms with Crippen LogP contribution in [0.1, 0.15) is 274 Å². The molecule has 0 aromatic heterocycles. The zero-order chi connectivity index (χ0) is 44.3. The molecular weight excluding hydrogens is 895 g/mol. The van der Waals surface area contributed by atoms with E-state index in [2.05, 4.69) is 41.5 Å². The van der Waals surface area contributed by atoms with Gasteiger partial charge in [0.05, 0.1) is 0 Å². The summed E-state index contributed by atoms with van der Waals surface area (Å²) >= 11 is 0. The van der Waals surface area contributed by atoms with E-state index in [0.717, 1.165) is 154 Å². The van der Waals surface area contributed by atoms with E-state index in [-0.39, 0.29) is 33.6 Å². The van der Waals surface area contributed by atoms with Crippen LogP contribution in [0.4, 0.5) is 0 Å². The van der Waals surface area contributed by atoms with Crippen LogP contribution < -0.4 is 29.4 Å². The van der Waals surface area contributed by atoms with Crippen molar-refractivity contribution in [1.29, 1.82) is 0 Å². The molecule has 0 spiro atoms. The number of unbranched alkanes of at least 4 members (excludes halogenated alkanes) is 15. The fraction of sp³-hybridized carbons (Fsp3) is 1.00. The molecule has 360 valence electrons. The average Bonchev–Trinajstić information content (AvgIpc) is 3.14. The Morgan fingerprint density at radius 1 is 0.254 bits per heavy atom. The second-order valence-electron chi connectivity index (χ2n) is 17.2. The molecule has 0 saturated carbocycles. The molecule has 0 heterocycles. The third-order valence-electron chi connectivity index (χ3n) is 12.2. The second-order valence-corrected chi connectivity index (χ2v) is 23.0. The predicted octanol–water partition coefficient (Wildman–Crippen LogP) is 12.0. The third kappa shape index (κ3) is 31.1. The summed E-state index contributed by atoms with van der Waals surface area (Å²) in [5.41, 5.74) is 0. The molecule has 0 fully saturated rings. The Bertz CT molecular complexity index is 891. The van der Waals surface area contributed by atoms with Crippen molar-refractivity contribution in [3.63, 3.8) is 0 Å². The van der Waals surface area contributed by atoms with Gasteiger partial charge >= 0.3 is 33.6 Å². The van der Waals surface area contributed by atoms with Gasteiger partial charge in [0.2, 0.25) is 0 Å². The molecule has 0 radical (unpaired) electrons. The summed E-state index contributed by atoms with van der Waals surface area (Å²) in [6, 6.07) is 0. The molecule has 9 nitrogen and oxygen atoms in total. The Morgan fingerprint density at radius 3 is 0.475 bits per heavy atom. The van der Waals surface area contributed by atoms with Crippen molar-refractivity contribution < 1.29 is 76.6 Å². The molecule has 0 aromatic rings. The summed E-state index contributed by atoms with van der Waals surface area (Å²) in [7, 11) is -13.6. The van der Waals surface area contributed by atoms with Crippen LogP contribution in [-0.4, -0.2) is 15.5 Å². The molecule has 0 rings (SSSR count). The van der Waals surface area contributed by atoms with Gasteiger partial charge in [-0.05, 0) is 73.3 Å². The Morgan fingerprint density at radius 2 is 0.373 bits per heavy atom. The molecule has 0 bridgehead atoms. The Kier molecular flexibility index (Phi) is 48.2. The van der Waals surface area contributed by atoms with Gasteiger partial charge in [-0.3, -0.25) is 0 Å². The summed E-state index contributed by atoms with van der Waals surface area (Å²) in [5, 5.41) is -2.89. The molecule has 0 aromatic carbocycles. The van der Waals surface area contributed by atoms with Crippen LogP contribution in [0.15, 0.2) is 0 Å². The maximum atomic E-state index is 11.8. The van der Waals surface area contributed by atoms with Crippen molar-refractivity contribution in [3.8, 4) is 0 Å². The zero-order valence-electron chi connectivity index (χ0n) is 39.5. The van der Waals surface area contributed by atoms with Crippen molar-refractivity contribution in [2.75, 3.05) is 0 Å². The first-order valence-corrected chi connectivity index (χ1v) is 28.5. The van der Waals surface area contributed by atoms with Crippen LogP contribution in [-0.2, 0) is 47.3 Å². The smallest absolute Gasteiger partial charge is 0.810 e. The quantitative estimate of drug-likeness (QED) is 0.0434. The normalized spacial score (nSPS) is 12.5. The summed E-state index contributed by atoms with van der Waals surface area (Å²) in [6.07, 6.45) is 28.0. The molecule has 0 aliphatic heterocycles. The average molecular weight is 989 g/mol. The monoisotopic (exact) mass is 988 g/mol. The van der Waals surface area contributed by atoms with E-state index in [1.165, 1.54) is 0 Å². The predicted molar refractivity (Wildman–Crippen MR) is 234 cm³/mol. The van der Waals surface area contributed by atoms with Crippen LogP contribution in [0, 0.1) is 0 Å². The maximum absolute atomic E-state index is 11.8. The van der Waals surface area contributed by atoms with Gasteiger partial charge in [0.1, 0.15) is 0 Å². The third-order valence-corrected chi connectivity index (χ3v) is 17.7. The molecule has 0 saturated heterocycles. The van der Waals surface area contributed by atoms with Gasteiger partial charge in [0, 0.05) is 0 Å². The van der Waals surface area contributed by atoms with Gasteiger partial charge in [0.25, 0.3) is 0 Å². The number of hydrogen-bond donors (Lipinski definition) is 0. The second kappa shape index (κ2) is 40.9. The van der Waals surface area contributed by atoms with Crippen molar-refractivity contribution >= 4 is 22.8 Å². The molecular formula is C45H93Co2O9P3. The minimum absolute atomic E-state index is 0. The number of rotatable bonds is 36. The first-order valence-electron chi connectivity index (χ1n) is 23.9. The molecule has 0 N–H and O–H groups in total. The first-order chi connectivity index (χ1) is 26.8. The summed E-state index contributed by atoms with van der Waals surface area (Å²) < 4.78 is 35.5. The van der Waals surface area contributed by atoms with Crippen molar-refractivity contribution in [2.24, 2.45) is 0 Å². The van der Waals surface area contributed by atoms with Gasteiger partial charge in [-0.1, -0.05) is 239 Å². The maximum Gasteiger partial charge on any atom is 3.00 e. The zero-order valence-corrected chi connectivity index (χ0v) is 44.3. The van der Waals surface area contributed by atoms with E-state index < -0.39 is 38.3 Å². The molecule has 0 amide bonds. The van der Waals surface area contributed by atoms with Crippen LogP contribution in [0.2, 0.25) is 0 Å². The van der Waals surface area contributed by atoms with Gasteiger partial charge in [-0.15, -0.1) is 0 Å². The summed E-state index contributed by atoms with van der Waals surface area (Å²) in [4.78, 5) is 70.9. The minimum atomic E-state index is -4.52. The fourth-order valence-electron chi connectivity index (χ4n) is 8.10. The van der Waals surface area contributed by atoms with Crippen molar-refractivity contribution in [2.45, 2.75) is 290 Å². The summed E-state index contributed by atoms with van der Waals surface area (Å²) in [5.74, 6) is 0. The van der Waals surface area contributed by atoms with Crippen LogP contribution >= 0.6 is 22.8 Å². The SMILES string of the molecule is CCCCCC(CCCC)(CCCCC)P(=O)([O-])[O-].CCCCCC(CCCC)(CCCCC)P(=O)([O-])[O-].CCCCCC(CCCC)(CCCCC)P(=O)([O-])[O-].[Co+3].[Co+3]. The minimum Gasteiger partial charge on any atom is -0.810 e. The largest absolute Gasteiger partial charge is 3.00 e. The molecule has 0 aliphatic rings. The van der Waals surface area contributed by atoms with Gasteiger partial charge in [-0.2, -0.15) is 0 Å². The van der Waals surface area contributed by atoms with E-state index in [1.807, 2.05) is 20.8 Å². The van der Waals surface area contributed by atoms with E-state index >= 15 is 0 Å². The van der Waals surface area contributed by atoms with Gasteiger partial charge in [-0.25, -0.2) is 0 Å². The summed E-state index contributed by atoms with van der Waals surface area (Å²) in [6.45, 7) is 18.7. The van der Waals surface area contributed by atoms with E-state index in [1.54, 1.807) is 0 Å². The Balaban J connectivity index is -0.000000243. The molecule has 14 heteroatoms. The van der Waals surface area contributed by atoms with Crippen molar-refractivity contribution in [3.05, 3.63) is 0 Å². The van der Waals surface area contributed by atoms with E-state index in [0.29, 0.717) is 57.8 Å².